The number of carbonyl (C=O) groups is 2. The van der Waals surface area contributed by atoms with E-state index in [4.69, 9.17) is 15.6 Å². The fourth-order valence-electron chi connectivity index (χ4n) is 2.07. The van der Waals surface area contributed by atoms with Crippen LogP contribution in [0.25, 0.3) is 0 Å². The number of amides is 3. The molecule has 4 unspecified atom stereocenters. The van der Waals surface area contributed by atoms with Crippen molar-refractivity contribution in [3.8, 4) is 0 Å². The van der Waals surface area contributed by atoms with Crippen molar-refractivity contribution in [1.29, 1.82) is 0 Å². The number of ether oxygens (including phenoxy) is 1. The van der Waals surface area contributed by atoms with Gasteiger partial charge in [0.05, 0.1) is 25.3 Å². The number of aliphatic hydroxyl groups excluding tert-OH is 2. The Hall–Kier alpha value is -1.22. The number of imide groups is 1. The van der Waals surface area contributed by atoms with E-state index in [2.05, 4.69) is 5.32 Å². The first kappa shape index (κ1) is 12.2. The molecular weight excluding hydrogens is 230 g/mol. The van der Waals surface area contributed by atoms with Crippen LogP contribution < -0.4 is 11.1 Å². The van der Waals surface area contributed by atoms with Gasteiger partial charge in [-0.1, -0.05) is 0 Å². The summed E-state index contributed by atoms with van der Waals surface area (Å²) in [7, 11) is 0. The molecule has 2 aliphatic heterocycles. The van der Waals surface area contributed by atoms with Crippen molar-refractivity contribution in [3.05, 3.63) is 0 Å². The fourth-order valence-corrected chi connectivity index (χ4v) is 2.07. The lowest BCUT2D eigenvalue weighted by atomic mass is 10.1. The van der Waals surface area contributed by atoms with Gasteiger partial charge in [-0.15, -0.1) is 0 Å². The summed E-state index contributed by atoms with van der Waals surface area (Å²) in [5.74, 6) is -0.434. The Kier molecular flexibility index (Phi) is 3.29. The number of nitrogens with one attached hydrogen (secondary N) is 1. The van der Waals surface area contributed by atoms with Gasteiger partial charge in [-0.05, 0) is 0 Å². The molecule has 0 saturated carbocycles. The highest BCUT2D eigenvalue weighted by Crippen LogP contribution is 2.25. The highest BCUT2D eigenvalue weighted by molar-refractivity contribution is 5.97. The maximum absolute atomic E-state index is 11.6. The highest BCUT2D eigenvalue weighted by atomic mass is 16.5. The second-order valence-electron chi connectivity index (χ2n) is 4.15. The molecule has 0 bridgehead atoms. The molecule has 17 heavy (non-hydrogen) atoms. The highest BCUT2D eigenvalue weighted by Gasteiger charge is 2.43. The van der Waals surface area contributed by atoms with Gasteiger partial charge in [0.25, 0.3) is 0 Å². The van der Waals surface area contributed by atoms with Gasteiger partial charge < -0.3 is 20.7 Å². The molecule has 96 valence electrons. The van der Waals surface area contributed by atoms with Gasteiger partial charge in [0, 0.05) is 6.42 Å². The van der Waals surface area contributed by atoms with E-state index in [1.54, 1.807) is 0 Å². The lowest BCUT2D eigenvalue weighted by Gasteiger charge is -2.36. The third kappa shape index (κ3) is 2.25. The van der Waals surface area contributed by atoms with Gasteiger partial charge in [0.1, 0.15) is 12.3 Å². The van der Waals surface area contributed by atoms with Crippen LogP contribution in [0.3, 0.4) is 0 Å². The van der Waals surface area contributed by atoms with Crippen molar-refractivity contribution in [2.24, 2.45) is 5.73 Å². The van der Waals surface area contributed by atoms with E-state index < -0.39 is 36.5 Å². The molecule has 2 aliphatic rings. The molecule has 2 fully saturated rings. The number of rotatable bonds is 2. The topological polar surface area (TPSA) is 125 Å². The summed E-state index contributed by atoms with van der Waals surface area (Å²) >= 11 is 0. The summed E-state index contributed by atoms with van der Waals surface area (Å²) in [5.41, 5.74) is 5.69. The number of carbonyl (C=O) groups excluding carboxylic acids is 2. The molecule has 8 heteroatoms. The van der Waals surface area contributed by atoms with Crippen LogP contribution in [0.2, 0.25) is 0 Å². The molecule has 2 rings (SSSR count). The molecule has 0 aliphatic carbocycles. The first-order chi connectivity index (χ1) is 8.02. The Balaban J connectivity index is 2.07. The predicted molar refractivity (Wildman–Crippen MR) is 54.3 cm³/mol. The quantitative estimate of drug-likeness (QED) is 0.433. The van der Waals surface area contributed by atoms with E-state index in [9.17, 15) is 14.7 Å². The largest absolute Gasteiger partial charge is 0.394 e. The number of urea groups is 1. The zero-order valence-electron chi connectivity index (χ0n) is 9.07. The van der Waals surface area contributed by atoms with E-state index in [-0.39, 0.29) is 19.4 Å². The molecule has 2 saturated heterocycles. The SMILES string of the molecule is NC1CC(=O)NC(=O)N1C1CC(O)C(CO)O1. The van der Waals surface area contributed by atoms with Crippen molar-refractivity contribution in [2.75, 3.05) is 6.61 Å². The standard InChI is InChI=1S/C9H15N3O5/c10-6-2-7(15)11-9(16)12(6)8-1-4(14)5(3-13)17-8/h4-6,8,13-14H,1-3,10H2,(H,11,15,16). The second kappa shape index (κ2) is 4.57. The van der Waals surface area contributed by atoms with Gasteiger partial charge in [0.2, 0.25) is 5.91 Å². The Morgan fingerprint density at radius 3 is 2.76 bits per heavy atom. The van der Waals surface area contributed by atoms with E-state index >= 15 is 0 Å². The summed E-state index contributed by atoms with van der Waals surface area (Å²) in [6, 6.07) is -0.635. The average molecular weight is 245 g/mol. The molecule has 0 radical (unpaired) electrons. The van der Waals surface area contributed by atoms with E-state index in [0.717, 1.165) is 0 Å². The van der Waals surface area contributed by atoms with Crippen molar-refractivity contribution in [3.63, 3.8) is 0 Å². The van der Waals surface area contributed by atoms with Crippen molar-refractivity contribution in [2.45, 2.75) is 37.4 Å². The number of nitrogens with zero attached hydrogens (tertiary/aromatic N) is 1. The number of hydrogen-bond donors (Lipinski definition) is 4. The molecule has 2 heterocycles. The van der Waals surface area contributed by atoms with Crippen LogP contribution in [0.15, 0.2) is 0 Å². The summed E-state index contributed by atoms with van der Waals surface area (Å²) in [5, 5.41) is 20.6. The smallest absolute Gasteiger partial charge is 0.327 e. The van der Waals surface area contributed by atoms with Crippen LogP contribution in [0.5, 0.6) is 0 Å². The van der Waals surface area contributed by atoms with Gasteiger partial charge in [-0.25, -0.2) is 4.79 Å². The van der Waals surface area contributed by atoms with E-state index in [1.807, 2.05) is 0 Å². The first-order valence-electron chi connectivity index (χ1n) is 5.35. The Labute approximate surface area is 97.3 Å². The summed E-state index contributed by atoms with van der Waals surface area (Å²) < 4.78 is 5.31. The summed E-state index contributed by atoms with van der Waals surface area (Å²) in [6.07, 6.45) is -2.90. The van der Waals surface area contributed by atoms with Gasteiger partial charge in [0.15, 0.2) is 0 Å². The predicted octanol–water partition coefficient (Wildman–Crippen LogP) is -2.32. The molecule has 4 atom stereocenters. The van der Waals surface area contributed by atoms with Crippen LogP contribution in [-0.2, 0) is 9.53 Å². The molecule has 0 spiro atoms. The number of hydrogen-bond acceptors (Lipinski definition) is 6. The summed E-state index contributed by atoms with van der Waals surface area (Å²) in [6.45, 7) is -0.332. The molecule has 5 N–H and O–H groups in total. The van der Waals surface area contributed by atoms with E-state index in [0.29, 0.717) is 0 Å². The third-order valence-electron chi connectivity index (χ3n) is 2.93. The molecule has 8 nitrogen and oxygen atoms in total. The van der Waals surface area contributed by atoms with Gasteiger partial charge in [-0.2, -0.15) is 0 Å². The van der Waals surface area contributed by atoms with Gasteiger partial charge >= 0.3 is 6.03 Å². The normalized spacial score (nSPS) is 38.4. The van der Waals surface area contributed by atoms with Gasteiger partial charge in [-0.3, -0.25) is 15.0 Å². The minimum Gasteiger partial charge on any atom is -0.394 e. The second-order valence-corrected chi connectivity index (χ2v) is 4.15. The Morgan fingerprint density at radius 1 is 1.53 bits per heavy atom. The monoisotopic (exact) mass is 245 g/mol. The van der Waals surface area contributed by atoms with Crippen LogP contribution in [0.1, 0.15) is 12.8 Å². The Morgan fingerprint density at radius 2 is 2.24 bits per heavy atom. The number of nitrogens with two attached hydrogens (primary N) is 1. The maximum Gasteiger partial charge on any atom is 0.327 e. The lowest BCUT2D eigenvalue weighted by molar-refractivity contribution is -0.126. The van der Waals surface area contributed by atoms with Crippen molar-refractivity contribution >= 4 is 11.9 Å². The molecule has 0 aromatic carbocycles. The third-order valence-corrected chi connectivity index (χ3v) is 2.93. The van der Waals surface area contributed by atoms with Crippen LogP contribution in [0.4, 0.5) is 4.79 Å². The minimum atomic E-state index is -0.845. The summed E-state index contributed by atoms with van der Waals surface area (Å²) in [4.78, 5) is 23.8. The molecular formula is C9H15N3O5. The number of aliphatic hydroxyl groups is 2. The molecule has 3 amide bonds. The van der Waals surface area contributed by atoms with Crippen molar-refractivity contribution < 1.29 is 24.5 Å². The lowest BCUT2D eigenvalue weighted by Crippen LogP contribution is -2.61. The van der Waals surface area contributed by atoms with E-state index in [1.165, 1.54) is 4.90 Å². The minimum absolute atomic E-state index is 0.00845. The average Bonchev–Trinajstić information content (AvgIpc) is 2.57. The zero-order valence-corrected chi connectivity index (χ0v) is 9.07. The van der Waals surface area contributed by atoms with Crippen molar-refractivity contribution in [1.82, 2.24) is 10.2 Å². The fraction of sp³-hybridized carbons (Fsp3) is 0.778. The first-order valence-corrected chi connectivity index (χ1v) is 5.35. The maximum atomic E-state index is 11.6. The zero-order chi connectivity index (χ0) is 12.6. The molecule has 0 aromatic heterocycles. The molecule has 0 aromatic rings. The van der Waals surface area contributed by atoms with Crippen LogP contribution in [-0.4, -0.2) is 58.3 Å². The Bertz CT molecular complexity index is 337. The van der Waals surface area contributed by atoms with Crippen LogP contribution >= 0.6 is 0 Å². The van der Waals surface area contributed by atoms with Crippen LogP contribution in [0, 0.1) is 0 Å².